The Morgan fingerprint density at radius 2 is 1.97 bits per heavy atom. The van der Waals surface area contributed by atoms with E-state index in [9.17, 15) is 14.0 Å². The van der Waals surface area contributed by atoms with Crippen LogP contribution in [0.3, 0.4) is 0 Å². The van der Waals surface area contributed by atoms with Gasteiger partial charge in [0.05, 0.1) is 23.6 Å². The largest absolute Gasteiger partial charge is 0.493 e. The molecule has 1 saturated heterocycles. The molecule has 12 heteroatoms. The van der Waals surface area contributed by atoms with E-state index in [1.54, 1.807) is 24.3 Å². The van der Waals surface area contributed by atoms with Crippen molar-refractivity contribution in [2.45, 2.75) is 6.54 Å². The number of methoxy groups -OCH3 is 1. The summed E-state index contributed by atoms with van der Waals surface area (Å²) in [5, 5.41) is 2.48. The van der Waals surface area contributed by atoms with Gasteiger partial charge >= 0.3 is 0 Å². The maximum atomic E-state index is 13.3. The number of thiocarbonyl (C=S) groups is 1. The molecule has 200 valence electrons. The van der Waals surface area contributed by atoms with Gasteiger partial charge in [-0.1, -0.05) is 47.7 Å². The van der Waals surface area contributed by atoms with Gasteiger partial charge in [0, 0.05) is 5.69 Å². The van der Waals surface area contributed by atoms with Gasteiger partial charge in [-0.2, -0.15) is 0 Å². The number of anilines is 1. The Morgan fingerprint density at radius 1 is 1.15 bits per heavy atom. The van der Waals surface area contributed by atoms with Crippen LogP contribution in [0.2, 0.25) is 5.02 Å². The zero-order valence-corrected chi connectivity index (χ0v) is 22.8. The molecule has 1 N–H and O–H groups in total. The zero-order valence-electron chi connectivity index (χ0n) is 20.4. The lowest BCUT2D eigenvalue weighted by Gasteiger charge is -2.14. The van der Waals surface area contributed by atoms with Crippen LogP contribution in [0.1, 0.15) is 11.1 Å². The molecule has 2 aliphatic heterocycles. The lowest BCUT2D eigenvalue weighted by atomic mass is 10.1. The van der Waals surface area contributed by atoms with Gasteiger partial charge in [0.15, 0.2) is 29.6 Å². The van der Waals surface area contributed by atoms with E-state index in [0.29, 0.717) is 50.0 Å². The van der Waals surface area contributed by atoms with E-state index >= 15 is 0 Å². The lowest BCUT2D eigenvalue weighted by Crippen LogP contribution is -2.27. The van der Waals surface area contributed by atoms with Crippen molar-refractivity contribution in [3.63, 3.8) is 0 Å². The molecule has 1 fully saturated rings. The molecule has 2 amide bonds. The molecule has 2 heterocycles. The highest BCUT2D eigenvalue weighted by Crippen LogP contribution is 2.37. The molecule has 0 atom stereocenters. The quantitative estimate of drug-likeness (QED) is 0.268. The van der Waals surface area contributed by atoms with Crippen molar-refractivity contribution in [1.29, 1.82) is 0 Å². The third-order valence-corrected chi connectivity index (χ3v) is 7.37. The van der Waals surface area contributed by atoms with Gasteiger partial charge < -0.3 is 24.3 Å². The molecular weight excluding hydrogens is 567 g/mol. The molecule has 5 rings (SSSR count). The Labute approximate surface area is 237 Å². The summed E-state index contributed by atoms with van der Waals surface area (Å²) in [6, 6.07) is 14.4. The third kappa shape index (κ3) is 6.11. The second-order valence-electron chi connectivity index (χ2n) is 8.33. The Balaban J connectivity index is 1.23. The zero-order chi connectivity index (χ0) is 27.5. The molecule has 0 aliphatic carbocycles. The van der Waals surface area contributed by atoms with E-state index in [4.69, 9.17) is 42.8 Å². The minimum Gasteiger partial charge on any atom is -0.493 e. The fourth-order valence-electron chi connectivity index (χ4n) is 3.82. The minimum absolute atomic E-state index is 0.101. The number of nitrogens with one attached hydrogen (secondary N) is 1. The van der Waals surface area contributed by atoms with E-state index in [1.807, 2.05) is 18.2 Å². The number of hydrogen-bond donors (Lipinski definition) is 1. The number of carbonyl (C=O) groups is 2. The fourth-order valence-corrected chi connectivity index (χ4v) is 5.25. The molecule has 39 heavy (non-hydrogen) atoms. The molecular formula is C27H20ClFN2O6S2. The highest BCUT2D eigenvalue weighted by Gasteiger charge is 2.32. The molecule has 3 aromatic carbocycles. The molecule has 0 saturated carbocycles. The summed E-state index contributed by atoms with van der Waals surface area (Å²) in [6.07, 6.45) is 1.72. The lowest BCUT2D eigenvalue weighted by molar-refractivity contribution is -0.122. The summed E-state index contributed by atoms with van der Waals surface area (Å²) in [6.45, 7) is 0.165. The van der Waals surface area contributed by atoms with Crippen molar-refractivity contribution in [2.75, 3.05) is 25.8 Å². The average molecular weight is 587 g/mol. The third-order valence-electron chi connectivity index (χ3n) is 5.70. The first-order valence-electron chi connectivity index (χ1n) is 11.5. The van der Waals surface area contributed by atoms with E-state index < -0.39 is 11.7 Å². The molecule has 2 aliphatic rings. The van der Waals surface area contributed by atoms with Crippen LogP contribution in [-0.4, -0.2) is 41.5 Å². The summed E-state index contributed by atoms with van der Waals surface area (Å²) >= 11 is 12.4. The number of halogens is 2. The monoisotopic (exact) mass is 586 g/mol. The van der Waals surface area contributed by atoms with Crippen LogP contribution in [-0.2, 0) is 16.1 Å². The molecule has 0 unspecified atom stereocenters. The van der Waals surface area contributed by atoms with Gasteiger partial charge in [0.25, 0.3) is 11.8 Å². The predicted molar refractivity (Wildman–Crippen MR) is 150 cm³/mol. The smallest absolute Gasteiger partial charge is 0.266 e. The first-order chi connectivity index (χ1) is 18.8. The number of rotatable bonds is 8. The summed E-state index contributed by atoms with van der Waals surface area (Å²) in [7, 11) is 1.47. The van der Waals surface area contributed by atoms with Crippen molar-refractivity contribution >= 4 is 63.5 Å². The predicted octanol–water partition coefficient (Wildman–Crippen LogP) is 5.64. The molecule has 0 bridgehead atoms. The van der Waals surface area contributed by atoms with E-state index in [1.165, 1.54) is 35.9 Å². The van der Waals surface area contributed by atoms with E-state index in [-0.39, 0.29) is 24.3 Å². The Kier molecular flexibility index (Phi) is 7.92. The van der Waals surface area contributed by atoms with Crippen molar-refractivity contribution in [3.05, 3.63) is 81.5 Å². The molecule has 0 radical (unpaired) electrons. The van der Waals surface area contributed by atoms with Crippen LogP contribution in [0.25, 0.3) is 6.08 Å². The van der Waals surface area contributed by atoms with Crippen LogP contribution in [0.15, 0.2) is 59.5 Å². The van der Waals surface area contributed by atoms with Crippen LogP contribution >= 0.6 is 35.6 Å². The number of thioether (sulfide) groups is 1. The first kappa shape index (κ1) is 26.8. The second kappa shape index (κ2) is 11.5. The standard InChI is InChI=1S/C27H20ClFN2O6S2/c1-34-22-8-15(2-6-20(22)35-13-25(32)30-17-4-5-19(29)18(28)11-17)10-24-26(33)31(27(38)39-24)12-16-3-7-21-23(9-16)37-14-36-21/h2-11H,12-14H2,1H3,(H,30,32)/b24-10-. The Hall–Kier alpha value is -3.80. The second-order valence-corrected chi connectivity index (χ2v) is 10.4. The van der Waals surface area contributed by atoms with Gasteiger partial charge in [-0.05, 0) is 59.7 Å². The van der Waals surface area contributed by atoms with Gasteiger partial charge in [-0.25, -0.2) is 4.39 Å². The van der Waals surface area contributed by atoms with Crippen molar-refractivity contribution in [1.82, 2.24) is 4.90 Å². The van der Waals surface area contributed by atoms with Gasteiger partial charge in [-0.15, -0.1) is 0 Å². The van der Waals surface area contributed by atoms with Crippen molar-refractivity contribution < 1.29 is 32.9 Å². The number of nitrogens with zero attached hydrogens (tertiary/aromatic N) is 1. The average Bonchev–Trinajstić information content (AvgIpc) is 3.49. The number of hydrogen-bond acceptors (Lipinski definition) is 8. The van der Waals surface area contributed by atoms with Crippen LogP contribution < -0.4 is 24.3 Å². The minimum atomic E-state index is -0.581. The number of amides is 2. The van der Waals surface area contributed by atoms with Gasteiger partial charge in [0.1, 0.15) is 10.1 Å². The van der Waals surface area contributed by atoms with Crippen LogP contribution in [0.5, 0.6) is 23.0 Å². The maximum absolute atomic E-state index is 13.3. The number of fused-ring (bicyclic) bond motifs is 1. The highest BCUT2D eigenvalue weighted by molar-refractivity contribution is 8.26. The van der Waals surface area contributed by atoms with Crippen molar-refractivity contribution in [2.24, 2.45) is 0 Å². The molecule has 8 nitrogen and oxygen atoms in total. The maximum Gasteiger partial charge on any atom is 0.266 e. The Morgan fingerprint density at radius 3 is 2.77 bits per heavy atom. The highest BCUT2D eigenvalue weighted by atomic mass is 35.5. The van der Waals surface area contributed by atoms with Crippen LogP contribution in [0.4, 0.5) is 10.1 Å². The summed E-state index contributed by atoms with van der Waals surface area (Å²) in [5.41, 5.74) is 1.90. The van der Waals surface area contributed by atoms with Crippen LogP contribution in [0, 0.1) is 5.82 Å². The van der Waals surface area contributed by atoms with E-state index in [2.05, 4.69) is 5.32 Å². The number of ether oxygens (including phenoxy) is 4. The van der Waals surface area contributed by atoms with Gasteiger partial charge in [-0.3, -0.25) is 14.5 Å². The Bertz CT molecular complexity index is 1520. The topological polar surface area (TPSA) is 86.3 Å². The first-order valence-corrected chi connectivity index (χ1v) is 13.1. The molecule has 3 aromatic rings. The SMILES string of the molecule is COc1cc(/C=C2\SC(=S)N(Cc3ccc4c(c3)OCO4)C2=O)ccc1OCC(=O)Nc1ccc(F)c(Cl)c1. The summed E-state index contributed by atoms with van der Waals surface area (Å²) in [5.74, 6) is 0.760. The summed E-state index contributed by atoms with van der Waals surface area (Å²) in [4.78, 5) is 27.4. The normalized spacial score (nSPS) is 15.2. The van der Waals surface area contributed by atoms with E-state index in [0.717, 1.165) is 11.6 Å². The van der Waals surface area contributed by atoms with Gasteiger partial charge in [0.2, 0.25) is 6.79 Å². The number of benzene rings is 3. The fraction of sp³-hybridized carbons (Fsp3) is 0.148. The molecule has 0 aromatic heterocycles. The van der Waals surface area contributed by atoms with Crippen molar-refractivity contribution in [3.8, 4) is 23.0 Å². The molecule has 0 spiro atoms. The summed E-state index contributed by atoms with van der Waals surface area (Å²) < 4.78 is 35.5. The number of carbonyl (C=O) groups excluding carboxylic acids is 2.